The Kier molecular flexibility index (Phi) is 5.09. The van der Waals surface area contributed by atoms with Crippen molar-refractivity contribution in [3.05, 3.63) is 70.5 Å². The molecule has 2 aromatic carbocycles. The summed E-state index contributed by atoms with van der Waals surface area (Å²) in [7, 11) is 0. The minimum atomic E-state index is -0.158. The topological polar surface area (TPSA) is 38.0 Å². The molecule has 2 aromatic rings. The number of aryl methyl sites for hydroxylation is 1. The number of benzene rings is 2. The van der Waals surface area contributed by atoms with E-state index in [9.17, 15) is 4.39 Å². The molecule has 0 saturated heterocycles. The van der Waals surface area contributed by atoms with Crippen LogP contribution in [0.4, 0.5) is 4.39 Å². The number of hydrogen-bond donors (Lipinski definition) is 2. The van der Waals surface area contributed by atoms with Gasteiger partial charge in [-0.2, -0.15) is 0 Å². The normalized spacial score (nSPS) is 20.3. The summed E-state index contributed by atoms with van der Waals surface area (Å²) in [4.78, 5) is 0. The van der Waals surface area contributed by atoms with Crippen LogP contribution in [0.2, 0.25) is 0 Å². The number of nitrogens with two attached hydrogens (primary N) is 1. The molecule has 3 heteroatoms. The fraction of sp³-hybridized carbons (Fsp3) is 0.400. The van der Waals surface area contributed by atoms with Crippen LogP contribution in [-0.4, -0.2) is 12.6 Å². The molecule has 3 N–H and O–H groups in total. The van der Waals surface area contributed by atoms with E-state index in [0.717, 1.165) is 31.4 Å². The van der Waals surface area contributed by atoms with Gasteiger partial charge in [-0.3, -0.25) is 0 Å². The van der Waals surface area contributed by atoms with Crippen LogP contribution in [0.15, 0.2) is 42.5 Å². The van der Waals surface area contributed by atoms with E-state index in [1.165, 1.54) is 22.8 Å². The molecule has 2 atom stereocenters. The van der Waals surface area contributed by atoms with Crippen LogP contribution in [-0.2, 0) is 19.4 Å². The quantitative estimate of drug-likeness (QED) is 0.886. The van der Waals surface area contributed by atoms with E-state index < -0.39 is 0 Å². The van der Waals surface area contributed by atoms with Crippen molar-refractivity contribution in [3.63, 3.8) is 0 Å². The van der Waals surface area contributed by atoms with Crippen molar-refractivity contribution in [3.8, 4) is 0 Å². The van der Waals surface area contributed by atoms with Crippen molar-refractivity contribution >= 4 is 0 Å². The zero-order valence-corrected chi connectivity index (χ0v) is 13.7. The van der Waals surface area contributed by atoms with E-state index in [4.69, 9.17) is 5.73 Å². The van der Waals surface area contributed by atoms with Gasteiger partial charge in [-0.1, -0.05) is 37.3 Å². The average Bonchev–Trinajstić information content (AvgIpc) is 2.57. The van der Waals surface area contributed by atoms with Gasteiger partial charge in [0.1, 0.15) is 5.82 Å². The SMILES string of the molecule is CCNC1CCc2ccc(CN)cc2C1Cc1cccc(F)c1. The number of rotatable bonds is 5. The molecule has 0 amide bonds. The monoisotopic (exact) mass is 312 g/mol. The molecule has 0 radical (unpaired) electrons. The second kappa shape index (κ2) is 7.24. The summed E-state index contributed by atoms with van der Waals surface area (Å²) in [5.41, 5.74) is 10.9. The third-order valence-electron chi connectivity index (χ3n) is 4.87. The standard InChI is InChI=1S/C20H25FN2/c1-2-23-20-9-8-16-7-6-15(13-22)12-18(16)19(20)11-14-4-3-5-17(21)10-14/h3-7,10,12,19-20,23H,2,8-9,11,13,22H2,1H3. The van der Waals surface area contributed by atoms with Gasteiger partial charge in [0.25, 0.3) is 0 Å². The predicted molar refractivity (Wildman–Crippen MR) is 93.0 cm³/mol. The first kappa shape index (κ1) is 16.2. The maximum atomic E-state index is 13.5. The molecule has 23 heavy (non-hydrogen) atoms. The first-order valence-corrected chi connectivity index (χ1v) is 8.51. The van der Waals surface area contributed by atoms with Crippen LogP contribution in [0, 0.1) is 5.82 Å². The van der Waals surface area contributed by atoms with Gasteiger partial charge in [-0.15, -0.1) is 0 Å². The molecule has 122 valence electrons. The van der Waals surface area contributed by atoms with Gasteiger partial charge < -0.3 is 11.1 Å². The highest BCUT2D eigenvalue weighted by atomic mass is 19.1. The maximum absolute atomic E-state index is 13.5. The van der Waals surface area contributed by atoms with E-state index in [1.807, 2.05) is 6.07 Å². The van der Waals surface area contributed by atoms with Crippen molar-refractivity contribution in [1.82, 2.24) is 5.32 Å². The molecule has 1 aliphatic rings. The minimum absolute atomic E-state index is 0.158. The van der Waals surface area contributed by atoms with Gasteiger partial charge in [-0.05, 0) is 60.2 Å². The number of nitrogens with one attached hydrogen (secondary N) is 1. The van der Waals surface area contributed by atoms with Crippen LogP contribution in [0.3, 0.4) is 0 Å². The highest BCUT2D eigenvalue weighted by Gasteiger charge is 2.29. The van der Waals surface area contributed by atoms with Crippen molar-refractivity contribution in [1.29, 1.82) is 0 Å². The first-order chi connectivity index (χ1) is 11.2. The maximum Gasteiger partial charge on any atom is 0.123 e. The fourth-order valence-electron chi connectivity index (χ4n) is 3.75. The Morgan fingerprint density at radius 1 is 1.17 bits per heavy atom. The first-order valence-electron chi connectivity index (χ1n) is 8.51. The zero-order chi connectivity index (χ0) is 16.2. The average molecular weight is 312 g/mol. The van der Waals surface area contributed by atoms with Crippen molar-refractivity contribution in [2.75, 3.05) is 6.54 Å². The van der Waals surface area contributed by atoms with Crippen LogP contribution in [0.5, 0.6) is 0 Å². The Balaban J connectivity index is 1.95. The number of hydrogen-bond acceptors (Lipinski definition) is 2. The Labute approximate surface area is 137 Å². The van der Waals surface area contributed by atoms with Gasteiger partial charge in [0.05, 0.1) is 0 Å². The van der Waals surface area contributed by atoms with E-state index in [-0.39, 0.29) is 5.82 Å². The molecule has 0 aliphatic heterocycles. The predicted octanol–water partition coefficient (Wildman–Crippen LogP) is 3.54. The highest BCUT2D eigenvalue weighted by Crippen LogP contribution is 2.35. The van der Waals surface area contributed by atoms with Crippen LogP contribution in [0.1, 0.15) is 41.5 Å². The third kappa shape index (κ3) is 3.62. The Hall–Kier alpha value is -1.71. The zero-order valence-electron chi connectivity index (χ0n) is 13.7. The Bertz CT molecular complexity index is 668. The lowest BCUT2D eigenvalue weighted by atomic mass is 9.75. The van der Waals surface area contributed by atoms with Crippen LogP contribution in [0.25, 0.3) is 0 Å². The molecular weight excluding hydrogens is 287 g/mol. The van der Waals surface area contributed by atoms with E-state index in [1.54, 1.807) is 12.1 Å². The smallest absolute Gasteiger partial charge is 0.123 e. The molecule has 0 bridgehead atoms. The third-order valence-corrected chi connectivity index (χ3v) is 4.87. The molecule has 0 spiro atoms. The number of likely N-dealkylation sites (N-methyl/N-ethyl adjacent to an activating group) is 1. The largest absolute Gasteiger partial charge is 0.326 e. The van der Waals surface area contributed by atoms with E-state index >= 15 is 0 Å². The summed E-state index contributed by atoms with van der Waals surface area (Å²) in [6.07, 6.45) is 3.08. The van der Waals surface area contributed by atoms with Gasteiger partial charge in [0.15, 0.2) is 0 Å². The minimum Gasteiger partial charge on any atom is -0.326 e. The highest BCUT2D eigenvalue weighted by molar-refractivity contribution is 5.39. The molecular formula is C20H25FN2. The van der Waals surface area contributed by atoms with Crippen molar-refractivity contribution in [2.45, 2.75) is 44.7 Å². The molecule has 1 aliphatic carbocycles. The molecule has 0 aromatic heterocycles. The van der Waals surface area contributed by atoms with Crippen molar-refractivity contribution in [2.24, 2.45) is 5.73 Å². The summed E-state index contributed by atoms with van der Waals surface area (Å²) in [5.74, 6) is 0.209. The Morgan fingerprint density at radius 2 is 2.04 bits per heavy atom. The second-order valence-corrected chi connectivity index (χ2v) is 6.38. The van der Waals surface area contributed by atoms with Crippen LogP contribution >= 0.6 is 0 Å². The summed E-state index contributed by atoms with van der Waals surface area (Å²) in [6, 6.07) is 14.0. The summed E-state index contributed by atoms with van der Waals surface area (Å²) >= 11 is 0. The number of halogens is 1. The summed E-state index contributed by atoms with van der Waals surface area (Å²) in [6.45, 7) is 3.66. The lowest BCUT2D eigenvalue weighted by Crippen LogP contribution is -2.39. The Morgan fingerprint density at radius 3 is 2.78 bits per heavy atom. The molecule has 2 nitrogen and oxygen atoms in total. The molecule has 0 saturated carbocycles. The molecule has 2 unspecified atom stereocenters. The molecule has 0 heterocycles. The number of fused-ring (bicyclic) bond motifs is 1. The lowest BCUT2D eigenvalue weighted by Gasteiger charge is -2.35. The van der Waals surface area contributed by atoms with E-state index in [2.05, 4.69) is 30.4 Å². The van der Waals surface area contributed by atoms with Gasteiger partial charge in [0.2, 0.25) is 0 Å². The fourth-order valence-corrected chi connectivity index (χ4v) is 3.75. The van der Waals surface area contributed by atoms with Gasteiger partial charge >= 0.3 is 0 Å². The lowest BCUT2D eigenvalue weighted by molar-refractivity contribution is 0.391. The summed E-state index contributed by atoms with van der Waals surface area (Å²) in [5, 5.41) is 3.62. The second-order valence-electron chi connectivity index (χ2n) is 6.38. The van der Waals surface area contributed by atoms with Crippen LogP contribution < -0.4 is 11.1 Å². The van der Waals surface area contributed by atoms with E-state index in [0.29, 0.717) is 18.5 Å². The van der Waals surface area contributed by atoms with Gasteiger partial charge in [0, 0.05) is 18.5 Å². The molecule has 0 fully saturated rings. The molecule has 3 rings (SSSR count). The summed E-state index contributed by atoms with van der Waals surface area (Å²) < 4.78 is 13.5. The van der Waals surface area contributed by atoms with Crippen molar-refractivity contribution < 1.29 is 4.39 Å². The van der Waals surface area contributed by atoms with Gasteiger partial charge in [-0.25, -0.2) is 4.39 Å².